The Labute approximate surface area is 302 Å². The van der Waals surface area contributed by atoms with Crippen molar-refractivity contribution in [1.82, 2.24) is 0 Å². The van der Waals surface area contributed by atoms with Crippen molar-refractivity contribution < 1.29 is 22.2 Å². The lowest BCUT2D eigenvalue weighted by atomic mass is 9.85. The summed E-state index contributed by atoms with van der Waals surface area (Å²) in [5.41, 5.74) is 4.58. The van der Waals surface area contributed by atoms with Crippen LogP contribution >= 0.6 is 0 Å². The third-order valence-corrected chi connectivity index (χ3v) is 9.18. The van der Waals surface area contributed by atoms with Crippen molar-refractivity contribution in [1.29, 1.82) is 0 Å². The first kappa shape index (κ1) is 17.6. The highest BCUT2D eigenvalue weighted by molar-refractivity contribution is 6.21. The molecule has 1 aromatic heterocycles. The lowest BCUT2D eigenvalue weighted by molar-refractivity contribution is 0.669. The van der Waals surface area contributed by atoms with Crippen molar-refractivity contribution in [2.45, 2.75) is 0 Å². The van der Waals surface area contributed by atoms with Gasteiger partial charge in [-0.15, -0.1) is 0 Å². The van der Waals surface area contributed by atoms with Gasteiger partial charge in [0.2, 0.25) is 0 Å². The number of fused-ring (bicyclic) bond motifs is 6. The van der Waals surface area contributed by atoms with Gasteiger partial charge in [0.25, 0.3) is 0 Å². The molecule has 228 valence electrons. The van der Waals surface area contributed by atoms with Crippen LogP contribution in [0.3, 0.4) is 0 Å². The second-order valence-electron chi connectivity index (χ2n) is 11.9. The zero-order valence-corrected chi connectivity index (χ0v) is 25.7. The van der Waals surface area contributed by atoms with Crippen molar-refractivity contribution in [3.05, 3.63) is 182 Å². The maximum atomic E-state index is 9.30. The largest absolute Gasteiger partial charge is 0.456 e. The fourth-order valence-electron chi connectivity index (χ4n) is 6.99. The van der Waals surface area contributed by atoms with E-state index in [1.807, 2.05) is 54.6 Å². The monoisotopic (exact) mass is 635 g/mol. The molecule has 0 saturated carbocycles. The lowest BCUT2D eigenvalue weighted by Gasteiger charge is -2.18. The molecule has 0 aliphatic rings. The Morgan fingerprint density at radius 2 is 0.878 bits per heavy atom. The van der Waals surface area contributed by atoms with Gasteiger partial charge in [0.1, 0.15) is 11.2 Å². The van der Waals surface area contributed by atoms with Gasteiger partial charge in [0.15, 0.2) is 0 Å². The van der Waals surface area contributed by atoms with E-state index in [1.165, 1.54) is 0 Å². The van der Waals surface area contributed by atoms with E-state index in [9.17, 15) is 5.48 Å². The average molecular weight is 636 g/mol. The van der Waals surface area contributed by atoms with Gasteiger partial charge in [-0.25, -0.2) is 0 Å². The maximum Gasteiger partial charge on any atom is 0.135 e. The summed E-state index contributed by atoms with van der Waals surface area (Å²) in [6.45, 7) is 0. The fraction of sp³-hybridized carbons (Fsp3) is 0. The minimum absolute atomic E-state index is 0.0709. The number of furan rings is 1. The van der Waals surface area contributed by atoms with Gasteiger partial charge in [-0.3, -0.25) is 0 Å². The molecule has 10 aromatic rings. The van der Waals surface area contributed by atoms with Gasteiger partial charge in [-0.05, 0) is 107 Å². The second-order valence-corrected chi connectivity index (χ2v) is 11.9. The van der Waals surface area contributed by atoms with Gasteiger partial charge in [-0.2, -0.15) is 0 Å². The summed E-state index contributed by atoms with van der Waals surface area (Å²) >= 11 is 0. The Bertz CT molecular complexity index is 3510. The second kappa shape index (κ2) is 11.1. The van der Waals surface area contributed by atoms with Crippen molar-refractivity contribution in [3.63, 3.8) is 0 Å². The number of rotatable bonds is 4. The van der Waals surface area contributed by atoms with Crippen molar-refractivity contribution in [2.75, 3.05) is 0 Å². The molecule has 0 N–H and O–H groups in total. The van der Waals surface area contributed by atoms with E-state index >= 15 is 0 Å². The molecule has 1 nitrogen and oxygen atoms in total. The molecule has 0 amide bonds. The van der Waals surface area contributed by atoms with E-state index in [2.05, 4.69) is 30.3 Å². The molecule has 0 aliphatic carbocycles. The highest BCUT2D eigenvalue weighted by Gasteiger charge is 2.17. The molecule has 1 heterocycles. The van der Waals surface area contributed by atoms with Gasteiger partial charge >= 0.3 is 0 Å². The summed E-state index contributed by atoms with van der Waals surface area (Å²) in [6.07, 6.45) is 0. The zero-order chi connectivity index (χ0) is 43.6. The third-order valence-electron chi connectivity index (χ3n) is 9.18. The predicted octanol–water partition coefficient (Wildman–Crippen LogP) is 13.7. The molecule has 0 bridgehead atoms. The Morgan fingerprint density at radius 1 is 0.347 bits per heavy atom. The Hall–Kier alpha value is -6.44. The van der Waals surface area contributed by atoms with E-state index in [0.717, 1.165) is 38.2 Å². The molecule has 0 radical (unpaired) electrons. The van der Waals surface area contributed by atoms with Crippen LogP contribution in [-0.2, 0) is 0 Å². The smallest absolute Gasteiger partial charge is 0.135 e. The predicted molar refractivity (Wildman–Crippen MR) is 208 cm³/mol. The SMILES string of the molecule is [2H]c1c([2H])c([2H])c(-c2c3c([2H])c([2H])c([2H])c([2H])c3c(-c3cccc(-c4ccc5oc6ccc(-c7cccc8ccccc78)cc6c5c4)c3)c3c([2H])c([2H])c([2H])c([2H])c23)c([2H])c1[2H]. The first-order valence-corrected chi connectivity index (χ1v) is 15.8. The molecule has 0 aliphatic heterocycles. The minimum atomic E-state index is -0.715. The van der Waals surface area contributed by atoms with Gasteiger partial charge in [0, 0.05) is 10.8 Å². The lowest BCUT2D eigenvalue weighted by Crippen LogP contribution is -1.91. The molecule has 0 spiro atoms. The molecule has 9 aromatic carbocycles. The molecule has 10 rings (SSSR count). The molecule has 0 atom stereocenters. The molecule has 49 heavy (non-hydrogen) atoms. The van der Waals surface area contributed by atoms with E-state index < -0.39 is 84.1 Å². The number of hydrogen-bond donors (Lipinski definition) is 0. The average Bonchev–Trinajstić information content (AvgIpc) is 3.66. The van der Waals surface area contributed by atoms with Crippen molar-refractivity contribution in [3.8, 4) is 44.5 Å². The highest BCUT2D eigenvalue weighted by Crippen LogP contribution is 2.44. The molecular weight excluding hydrogens is 593 g/mol. The zero-order valence-electron chi connectivity index (χ0n) is 38.7. The number of benzene rings is 9. The summed E-state index contributed by atoms with van der Waals surface area (Å²) in [5.74, 6) is 0. The third kappa shape index (κ3) is 4.47. The van der Waals surface area contributed by atoms with Crippen LogP contribution in [0.25, 0.3) is 98.8 Å². The van der Waals surface area contributed by atoms with Crippen LogP contribution < -0.4 is 0 Å². The van der Waals surface area contributed by atoms with Crippen LogP contribution in [-0.4, -0.2) is 0 Å². The summed E-state index contributed by atoms with van der Waals surface area (Å²) in [6, 6.07) is 25.0. The molecule has 0 fully saturated rings. The quantitative estimate of drug-likeness (QED) is 0.175. The van der Waals surface area contributed by atoms with E-state index in [0.29, 0.717) is 22.3 Å². The Balaban J connectivity index is 1.27. The van der Waals surface area contributed by atoms with Crippen LogP contribution in [0, 0.1) is 0 Å². The van der Waals surface area contributed by atoms with Crippen LogP contribution in [0.5, 0.6) is 0 Å². The van der Waals surface area contributed by atoms with Crippen molar-refractivity contribution >= 4 is 54.3 Å². The standard InChI is InChI=1S/C48H30O/c1-2-13-32(14-3-1)47-39-19-6-8-21-41(39)48(42-22-9-7-20-40(42)47)36-17-10-16-33(28-36)34-24-26-45-43(29-34)44-30-35(25-27-46(44)49-45)38-23-11-15-31-12-4-5-18-37(31)38/h1-30H/i1D,2D,3D,6D,7D,8D,9D,13D,14D,19D,20D,21D,22D. The van der Waals surface area contributed by atoms with Gasteiger partial charge in [-0.1, -0.05) is 151 Å². The first-order valence-electron chi connectivity index (χ1n) is 22.3. The normalized spacial score (nSPS) is 15.4. The van der Waals surface area contributed by atoms with Gasteiger partial charge < -0.3 is 4.42 Å². The molecule has 1 heteroatoms. The van der Waals surface area contributed by atoms with Gasteiger partial charge in [0.05, 0.1) is 17.8 Å². The number of hydrogen-bond acceptors (Lipinski definition) is 1. The fourth-order valence-corrected chi connectivity index (χ4v) is 6.99. The Kier molecular flexibility index (Phi) is 3.99. The highest BCUT2D eigenvalue weighted by atomic mass is 16.3. The summed E-state index contributed by atoms with van der Waals surface area (Å²) < 4.78 is 121. The molecule has 0 saturated heterocycles. The van der Waals surface area contributed by atoms with Crippen LogP contribution in [0.15, 0.2) is 186 Å². The topological polar surface area (TPSA) is 13.1 Å². The maximum absolute atomic E-state index is 9.30. The summed E-state index contributed by atoms with van der Waals surface area (Å²) in [7, 11) is 0. The van der Waals surface area contributed by atoms with Crippen LogP contribution in [0.4, 0.5) is 0 Å². The summed E-state index contributed by atoms with van der Waals surface area (Å²) in [5, 5.41) is 3.23. The van der Waals surface area contributed by atoms with E-state index in [-0.39, 0.29) is 32.7 Å². The molecule has 0 unspecified atom stereocenters. The van der Waals surface area contributed by atoms with E-state index in [1.54, 1.807) is 18.2 Å². The Morgan fingerprint density at radius 3 is 1.59 bits per heavy atom. The van der Waals surface area contributed by atoms with Crippen LogP contribution in [0.2, 0.25) is 0 Å². The minimum Gasteiger partial charge on any atom is -0.456 e. The first-order chi connectivity index (χ1) is 29.7. The molecular formula is C48H30O. The summed E-state index contributed by atoms with van der Waals surface area (Å²) in [4.78, 5) is 0. The van der Waals surface area contributed by atoms with E-state index in [4.69, 9.17) is 16.8 Å². The van der Waals surface area contributed by atoms with Crippen molar-refractivity contribution in [2.24, 2.45) is 0 Å². The van der Waals surface area contributed by atoms with Crippen LogP contribution in [0.1, 0.15) is 17.8 Å².